The lowest BCUT2D eigenvalue weighted by atomic mass is 9.90. The predicted octanol–water partition coefficient (Wildman–Crippen LogP) is 5.20. The van der Waals surface area contributed by atoms with Gasteiger partial charge in [-0.3, -0.25) is 4.79 Å². The van der Waals surface area contributed by atoms with Crippen LogP contribution in [-0.2, 0) is 11.4 Å². The van der Waals surface area contributed by atoms with Gasteiger partial charge in [0, 0.05) is 16.5 Å². The minimum atomic E-state index is 0.0444. The highest BCUT2D eigenvalue weighted by molar-refractivity contribution is 6.30. The van der Waals surface area contributed by atoms with Crippen LogP contribution in [0.5, 0.6) is 5.75 Å². The molecular formula is C23H25ClN2O2. The van der Waals surface area contributed by atoms with Crippen LogP contribution < -0.4 is 10.2 Å². The molecule has 2 saturated carbocycles. The van der Waals surface area contributed by atoms with Crippen molar-refractivity contribution in [2.45, 2.75) is 39.2 Å². The number of hydrazone groups is 1. The monoisotopic (exact) mass is 396 g/mol. The minimum Gasteiger partial charge on any atom is -0.488 e. The van der Waals surface area contributed by atoms with Crippen LogP contribution in [0.25, 0.3) is 0 Å². The summed E-state index contributed by atoms with van der Waals surface area (Å²) in [6.45, 7) is 2.66. The number of nitrogens with zero attached hydrogens (tertiary/aromatic N) is 1. The molecule has 0 unspecified atom stereocenters. The van der Waals surface area contributed by atoms with Crippen LogP contribution >= 0.6 is 11.6 Å². The van der Waals surface area contributed by atoms with Crippen LogP contribution in [0, 0.1) is 17.3 Å². The molecule has 0 bridgehead atoms. The van der Waals surface area contributed by atoms with E-state index in [1.165, 1.54) is 19.3 Å². The summed E-state index contributed by atoms with van der Waals surface area (Å²) in [4.78, 5) is 12.5. The summed E-state index contributed by atoms with van der Waals surface area (Å²) < 4.78 is 5.93. The Morgan fingerprint density at radius 1 is 1.29 bits per heavy atom. The molecule has 4 nitrogen and oxygen atoms in total. The van der Waals surface area contributed by atoms with E-state index >= 15 is 0 Å². The van der Waals surface area contributed by atoms with Gasteiger partial charge < -0.3 is 4.74 Å². The topological polar surface area (TPSA) is 50.7 Å². The van der Waals surface area contributed by atoms with Crippen molar-refractivity contribution in [3.8, 4) is 5.75 Å². The normalized spacial score (nSPS) is 25.9. The van der Waals surface area contributed by atoms with Crippen molar-refractivity contribution in [3.05, 3.63) is 64.7 Å². The van der Waals surface area contributed by atoms with Crippen LogP contribution in [0.3, 0.4) is 0 Å². The van der Waals surface area contributed by atoms with E-state index < -0.39 is 0 Å². The average Bonchev–Trinajstić information content (AvgIpc) is 3.33. The van der Waals surface area contributed by atoms with Crippen LogP contribution in [0.1, 0.15) is 43.7 Å². The molecule has 5 heteroatoms. The number of rotatable bonds is 6. The molecule has 0 radical (unpaired) electrons. The fourth-order valence-electron chi connectivity index (χ4n) is 4.59. The van der Waals surface area contributed by atoms with Crippen molar-refractivity contribution >= 4 is 23.7 Å². The molecule has 0 heterocycles. The second-order valence-corrected chi connectivity index (χ2v) is 8.46. The van der Waals surface area contributed by atoms with Crippen LogP contribution in [0.15, 0.2) is 53.6 Å². The summed E-state index contributed by atoms with van der Waals surface area (Å²) in [6.07, 6.45) is 6.44. The van der Waals surface area contributed by atoms with E-state index in [2.05, 4.69) is 17.5 Å². The largest absolute Gasteiger partial charge is 0.488 e. The van der Waals surface area contributed by atoms with E-state index in [9.17, 15) is 4.79 Å². The molecule has 2 aliphatic rings. The standard InChI is InChI=1S/C23H25ClN2O2/c1-23-12-5-4-10-19(23)21(23)22(27)26-25-14-17-8-2-3-11-20(17)28-15-16-7-6-9-18(24)13-16/h2-3,6-9,11,13-14,19,21H,4-5,10,12,15H2,1H3,(H,26,27)/b25-14-/t19-,21-,23-/m0/s1. The smallest absolute Gasteiger partial charge is 0.244 e. The number of carbonyl (C=O) groups is 1. The Kier molecular flexibility index (Phi) is 5.40. The molecule has 0 saturated heterocycles. The summed E-state index contributed by atoms with van der Waals surface area (Å²) in [5.74, 6) is 1.40. The lowest BCUT2D eigenvalue weighted by Gasteiger charge is -2.15. The quantitative estimate of drug-likeness (QED) is 0.539. The molecule has 2 aliphatic carbocycles. The predicted molar refractivity (Wildman–Crippen MR) is 112 cm³/mol. The van der Waals surface area contributed by atoms with E-state index in [0.717, 1.165) is 17.5 Å². The lowest BCUT2D eigenvalue weighted by Crippen LogP contribution is -2.22. The molecule has 0 aliphatic heterocycles. The molecule has 1 amide bonds. The summed E-state index contributed by atoms with van der Waals surface area (Å²) in [6, 6.07) is 15.2. The number of hydrogen-bond donors (Lipinski definition) is 1. The zero-order valence-electron chi connectivity index (χ0n) is 16.0. The Balaban J connectivity index is 1.36. The summed E-state index contributed by atoms with van der Waals surface area (Å²) >= 11 is 6.02. The Morgan fingerprint density at radius 3 is 2.93 bits per heavy atom. The third kappa shape index (κ3) is 3.93. The first-order chi connectivity index (χ1) is 13.6. The first kappa shape index (κ1) is 19.0. The van der Waals surface area contributed by atoms with Gasteiger partial charge in [-0.25, -0.2) is 5.43 Å². The van der Waals surface area contributed by atoms with Gasteiger partial charge in [-0.15, -0.1) is 0 Å². The molecule has 1 N–H and O–H groups in total. The molecule has 2 fully saturated rings. The lowest BCUT2D eigenvalue weighted by molar-refractivity contribution is -0.123. The van der Waals surface area contributed by atoms with Crippen molar-refractivity contribution in [1.82, 2.24) is 5.43 Å². The molecule has 2 aromatic rings. The number of halogens is 1. The number of para-hydroxylation sites is 1. The maximum Gasteiger partial charge on any atom is 0.244 e. The van der Waals surface area contributed by atoms with Crippen LogP contribution in [-0.4, -0.2) is 12.1 Å². The average molecular weight is 397 g/mol. The number of fused-ring (bicyclic) bond motifs is 1. The van der Waals surface area contributed by atoms with Crippen LogP contribution in [0.2, 0.25) is 5.02 Å². The van der Waals surface area contributed by atoms with Gasteiger partial charge in [0.15, 0.2) is 0 Å². The van der Waals surface area contributed by atoms with Gasteiger partial charge >= 0.3 is 0 Å². The fraction of sp³-hybridized carbons (Fsp3) is 0.391. The second-order valence-electron chi connectivity index (χ2n) is 8.03. The Labute approximate surface area is 170 Å². The maximum absolute atomic E-state index is 12.5. The molecule has 3 atom stereocenters. The van der Waals surface area contributed by atoms with E-state index in [-0.39, 0.29) is 17.2 Å². The van der Waals surface area contributed by atoms with Crippen molar-refractivity contribution < 1.29 is 9.53 Å². The SMILES string of the molecule is C[C@]12CCCC[C@H]1[C@H]2C(=O)N/N=C\c1ccccc1OCc1cccc(Cl)c1. The highest BCUT2D eigenvalue weighted by atomic mass is 35.5. The molecule has 28 heavy (non-hydrogen) atoms. The minimum absolute atomic E-state index is 0.0444. The second kappa shape index (κ2) is 7.96. The van der Waals surface area contributed by atoms with E-state index in [4.69, 9.17) is 16.3 Å². The molecule has 0 spiro atoms. The first-order valence-corrected chi connectivity index (χ1v) is 10.2. The number of amides is 1. The van der Waals surface area contributed by atoms with Gasteiger partial charge in [-0.2, -0.15) is 5.10 Å². The van der Waals surface area contributed by atoms with E-state index in [0.29, 0.717) is 23.3 Å². The van der Waals surface area contributed by atoms with Gasteiger partial charge in [0.25, 0.3) is 0 Å². The van der Waals surface area contributed by atoms with Crippen molar-refractivity contribution in [1.29, 1.82) is 0 Å². The molecule has 4 rings (SSSR count). The van der Waals surface area contributed by atoms with Crippen LogP contribution in [0.4, 0.5) is 0 Å². The Morgan fingerprint density at radius 2 is 2.14 bits per heavy atom. The summed E-state index contributed by atoms with van der Waals surface area (Å²) in [5, 5.41) is 4.88. The third-order valence-corrected chi connectivity index (χ3v) is 6.43. The zero-order valence-corrected chi connectivity index (χ0v) is 16.8. The Bertz CT molecular complexity index is 898. The summed E-state index contributed by atoms with van der Waals surface area (Å²) in [7, 11) is 0. The number of carbonyl (C=O) groups excluding carboxylic acids is 1. The van der Waals surface area contributed by atoms with Gasteiger partial charge in [0.2, 0.25) is 5.91 Å². The van der Waals surface area contributed by atoms with Crippen molar-refractivity contribution in [3.63, 3.8) is 0 Å². The third-order valence-electron chi connectivity index (χ3n) is 6.19. The number of nitrogens with one attached hydrogen (secondary N) is 1. The highest BCUT2D eigenvalue weighted by Crippen LogP contribution is 2.66. The molecule has 0 aromatic heterocycles. The number of benzene rings is 2. The number of ether oxygens (including phenoxy) is 1. The fourth-order valence-corrected chi connectivity index (χ4v) is 4.80. The van der Waals surface area contributed by atoms with Gasteiger partial charge in [0.1, 0.15) is 12.4 Å². The molecular weight excluding hydrogens is 372 g/mol. The van der Waals surface area contributed by atoms with Gasteiger partial charge in [-0.05, 0) is 54.0 Å². The zero-order chi connectivity index (χ0) is 19.6. The van der Waals surface area contributed by atoms with E-state index in [1.54, 1.807) is 6.21 Å². The van der Waals surface area contributed by atoms with Gasteiger partial charge in [0.05, 0.1) is 6.21 Å². The maximum atomic E-state index is 12.5. The van der Waals surface area contributed by atoms with Crippen molar-refractivity contribution in [2.24, 2.45) is 22.4 Å². The molecule has 146 valence electrons. The van der Waals surface area contributed by atoms with Gasteiger partial charge in [-0.1, -0.05) is 55.6 Å². The first-order valence-electron chi connectivity index (χ1n) is 9.87. The van der Waals surface area contributed by atoms with Crippen molar-refractivity contribution in [2.75, 3.05) is 0 Å². The number of hydrogen-bond acceptors (Lipinski definition) is 3. The highest BCUT2D eigenvalue weighted by Gasteiger charge is 2.64. The molecule has 2 aromatic carbocycles. The summed E-state index contributed by atoms with van der Waals surface area (Å²) in [5.41, 5.74) is 4.75. The Hall–Kier alpha value is -2.33. The van der Waals surface area contributed by atoms with E-state index in [1.807, 2.05) is 48.5 Å².